The molecule has 8 nitrogen and oxygen atoms in total. The highest BCUT2D eigenvalue weighted by Gasteiger charge is 2.32. The molecular formula is C27H37N3O5S. The maximum atomic E-state index is 13.7. The molecule has 1 unspecified atom stereocenters. The molecule has 1 saturated carbocycles. The molecular weight excluding hydrogens is 478 g/mol. The Kier molecular flexibility index (Phi) is 9.00. The zero-order chi connectivity index (χ0) is 26.5. The number of methoxy groups -OCH3 is 1. The van der Waals surface area contributed by atoms with Crippen LogP contribution in [-0.2, 0) is 26.2 Å². The van der Waals surface area contributed by atoms with Gasteiger partial charge in [0.1, 0.15) is 18.3 Å². The fourth-order valence-electron chi connectivity index (χ4n) is 4.72. The first kappa shape index (κ1) is 27.5. The summed E-state index contributed by atoms with van der Waals surface area (Å²) < 4.78 is 32.1. The summed E-state index contributed by atoms with van der Waals surface area (Å²) >= 11 is 0. The minimum atomic E-state index is -3.77. The Hall–Kier alpha value is -3.07. The van der Waals surface area contributed by atoms with Crippen LogP contribution in [0.25, 0.3) is 0 Å². The minimum Gasteiger partial charge on any atom is -0.497 e. The Bertz CT molecular complexity index is 1170. The standard InChI is InChI=1S/C27H37N3O5S/c1-19-10-8-11-20(2)26(19)30(36(5,33)34)18-25(31)29(17-22-12-9-15-24(16-22)35-4)21(3)27(32)28-23-13-6-7-14-23/h8-12,15-16,21,23H,6-7,13-14,17-18H2,1-5H3,(H,28,32). The van der Waals surface area contributed by atoms with E-state index in [9.17, 15) is 18.0 Å². The van der Waals surface area contributed by atoms with Crippen LogP contribution < -0.4 is 14.4 Å². The van der Waals surface area contributed by atoms with Gasteiger partial charge in [-0.2, -0.15) is 0 Å². The van der Waals surface area contributed by atoms with E-state index < -0.39 is 28.5 Å². The number of ether oxygens (including phenoxy) is 1. The minimum absolute atomic E-state index is 0.107. The summed E-state index contributed by atoms with van der Waals surface area (Å²) in [6.45, 7) is 5.05. The van der Waals surface area contributed by atoms with E-state index >= 15 is 0 Å². The van der Waals surface area contributed by atoms with Crippen molar-refractivity contribution in [3.05, 3.63) is 59.2 Å². The Morgan fingerprint density at radius 1 is 1.08 bits per heavy atom. The molecule has 1 atom stereocenters. The van der Waals surface area contributed by atoms with Gasteiger partial charge in [0, 0.05) is 12.6 Å². The number of para-hydroxylation sites is 1. The maximum Gasteiger partial charge on any atom is 0.244 e. The van der Waals surface area contributed by atoms with Gasteiger partial charge in [-0.3, -0.25) is 13.9 Å². The van der Waals surface area contributed by atoms with Gasteiger partial charge in [-0.05, 0) is 62.4 Å². The van der Waals surface area contributed by atoms with Crippen LogP contribution in [0.1, 0.15) is 49.3 Å². The van der Waals surface area contributed by atoms with Crippen molar-refractivity contribution in [1.29, 1.82) is 0 Å². The molecule has 0 spiro atoms. The summed E-state index contributed by atoms with van der Waals surface area (Å²) in [5.74, 6) is -0.0626. The molecule has 0 radical (unpaired) electrons. The maximum absolute atomic E-state index is 13.7. The first-order valence-electron chi connectivity index (χ1n) is 12.3. The van der Waals surface area contributed by atoms with E-state index in [1.807, 2.05) is 50.2 Å². The smallest absolute Gasteiger partial charge is 0.244 e. The predicted molar refractivity (Wildman–Crippen MR) is 142 cm³/mol. The highest BCUT2D eigenvalue weighted by molar-refractivity contribution is 7.92. The first-order chi connectivity index (χ1) is 17.0. The summed E-state index contributed by atoms with van der Waals surface area (Å²) in [6.07, 6.45) is 5.10. The average molecular weight is 516 g/mol. The molecule has 1 N–H and O–H groups in total. The fraction of sp³-hybridized carbons (Fsp3) is 0.481. The van der Waals surface area contributed by atoms with Crippen molar-refractivity contribution in [2.24, 2.45) is 0 Å². The summed E-state index contributed by atoms with van der Waals surface area (Å²) in [7, 11) is -2.21. The molecule has 3 rings (SSSR count). The van der Waals surface area contributed by atoms with Crippen molar-refractivity contribution < 1.29 is 22.7 Å². The van der Waals surface area contributed by atoms with E-state index in [2.05, 4.69) is 5.32 Å². The quantitative estimate of drug-likeness (QED) is 0.522. The van der Waals surface area contributed by atoms with Crippen molar-refractivity contribution in [1.82, 2.24) is 10.2 Å². The zero-order valence-electron chi connectivity index (χ0n) is 21.8. The number of nitrogens with zero attached hydrogens (tertiary/aromatic N) is 2. The van der Waals surface area contributed by atoms with E-state index in [1.54, 1.807) is 20.1 Å². The monoisotopic (exact) mass is 515 g/mol. The first-order valence-corrected chi connectivity index (χ1v) is 14.1. The molecule has 1 aliphatic carbocycles. The summed E-state index contributed by atoms with van der Waals surface area (Å²) in [6, 6.07) is 12.1. The van der Waals surface area contributed by atoms with Crippen molar-refractivity contribution in [2.45, 2.75) is 65.1 Å². The van der Waals surface area contributed by atoms with Crippen molar-refractivity contribution in [3.63, 3.8) is 0 Å². The second-order valence-corrected chi connectivity index (χ2v) is 11.5. The van der Waals surface area contributed by atoms with E-state index in [4.69, 9.17) is 4.74 Å². The van der Waals surface area contributed by atoms with Crippen LogP contribution in [0, 0.1) is 13.8 Å². The topological polar surface area (TPSA) is 96.0 Å². The van der Waals surface area contributed by atoms with Crippen LogP contribution in [0.15, 0.2) is 42.5 Å². The summed E-state index contributed by atoms with van der Waals surface area (Å²) in [5, 5.41) is 3.07. The Balaban J connectivity index is 1.93. The van der Waals surface area contributed by atoms with Crippen LogP contribution in [-0.4, -0.2) is 57.1 Å². The Morgan fingerprint density at radius 2 is 1.69 bits per heavy atom. The lowest BCUT2D eigenvalue weighted by Gasteiger charge is -2.33. The van der Waals surface area contributed by atoms with Crippen LogP contribution in [0.5, 0.6) is 5.75 Å². The number of nitrogens with one attached hydrogen (secondary N) is 1. The van der Waals surface area contributed by atoms with E-state index in [0.717, 1.165) is 52.9 Å². The number of carbonyl (C=O) groups excluding carboxylic acids is 2. The van der Waals surface area contributed by atoms with Crippen molar-refractivity contribution >= 4 is 27.5 Å². The second kappa shape index (κ2) is 11.8. The number of carbonyl (C=O) groups is 2. The third-order valence-corrected chi connectivity index (χ3v) is 7.84. The molecule has 2 aromatic rings. The predicted octanol–water partition coefficient (Wildman–Crippen LogP) is 3.55. The average Bonchev–Trinajstić information content (AvgIpc) is 3.33. The zero-order valence-corrected chi connectivity index (χ0v) is 22.6. The lowest BCUT2D eigenvalue weighted by Crippen LogP contribution is -2.52. The van der Waals surface area contributed by atoms with E-state index in [-0.39, 0.29) is 18.5 Å². The number of amides is 2. The van der Waals surface area contributed by atoms with Gasteiger partial charge in [-0.15, -0.1) is 0 Å². The van der Waals surface area contributed by atoms with Crippen LogP contribution in [0.4, 0.5) is 5.69 Å². The molecule has 1 fully saturated rings. The third-order valence-electron chi connectivity index (χ3n) is 6.72. The summed E-state index contributed by atoms with van der Waals surface area (Å²) in [4.78, 5) is 28.4. The lowest BCUT2D eigenvalue weighted by molar-refractivity contribution is -0.139. The normalized spacial score (nSPS) is 14.8. The largest absolute Gasteiger partial charge is 0.497 e. The molecule has 0 heterocycles. The van der Waals surface area contributed by atoms with Crippen molar-refractivity contribution in [2.75, 3.05) is 24.2 Å². The number of sulfonamides is 1. The van der Waals surface area contributed by atoms with Crippen LogP contribution in [0.2, 0.25) is 0 Å². The number of aryl methyl sites for hydroxylation is 2. The van der Waals surface area contributed by atoms with Gasteiger partial charge in [-0.25, -0.2) is 8.42 Å². The summed E-state index contributed by atoms with van der Waals surface area (Å²) in [5.41, 5.74) is 2.76. The van der Waals surface area contributed by atoms with Crippen LogP contribution >= 0.6 is 0 Å². The molecule has 196 valence electrons. The number of benzene rings is 2. The Labute approximate surface area is 214 Å². The van der Waals surface area contributed by atoms with Gasteiger partial charge >= 0.3 is 0 Å². The van der Waals surface area contributed by atoms with Crippen molar-refractivity contribution in [3.8, 4) is 5.75 Å². The molecule has 9 heteroatoms. The second-order valence-electron chi connectivity index (χ2n) is 9.55. The molecule has 0 aliphatic heterocycles. The number of hydrogen-bond acceptors (Lipinski definition) is 5. The van der Waals surface area contributed by atoms with Gasteiger partial charge in [0.15, 0.2) is 0 Å². The molecule has 2 aromatic carbocycles. The van der Waals surface area contributed by atoms with Gasteiger partial charge in [-0.1, -0.05) is 43.2 Å². The van der Waals surface area contributed by atoms with Gasteiger partial charge in [0.25, 0.3) is 0 Å². The lowest BCUT2D eigenvalue weighted by atomic mass is 10.1. The number of rotatable bonds is 10. The highest BCUT2D eigenvalue weighted by atomic mass is 32.2. The molecule has 1 aliphatic rings. The molecule has 2 amide bonds. The van der Waals surface area contributed by atoms with Crippen LogP contribution in [0.3, 0.4) is 0 Å². The molecule has 0 saturated heterocycles. The fourth-order valence-corrected chi connectivity index (χ4v) is 5.68. The molecule has 0 bridgehead atoms. The number of hydrogen-bond donors (Lipinski definition) is 1. The van der Waals surface area contributed by atoms with E-state index in [1.165, 1.54) is 4.90 Å². The third kappa shape index (κ3) is 6.78. The van der Waals surface area contributed by atoms with Gasteiger partial charge in [0.05, 0.1) is 19.1 Å². The molecule has 0 aromatic heterocycles. The highest BCUT2D eigenvalue weighted by Crippen LogP contribution is 2.27. The molecule has 36 heavy (non-hydrogen) atoms. The number of anilines is 1. The SMILES string of the molecule is COc1cccc(CN(C(=O)CN(c2c(C)cccc2C)S(C)(=O)=O)C(C)C(=O)NC2CCCC2)c1. The Morgan fingerprint density at radius 3 is 2.28 bits per heavy atom. The van der Waals surface area contributed by atoms with Gasteiger partial charge < -0.3 is 15.0 Å². The van der Waals surface area contributed by atoms with Gasteiger partial charge in [0.2, 0.25) is 21.8 Å². The van der Waals surface area contributed by atoms with E-state index in [0.29, 0.717) is 11.4 Å².